The third-order valence-electron chi connectivity index (χ3n) is 7.17. The summed E-state index contributed by atoms with van der Waals surface area (Å²) < 4.78 is 32.7. The Labute approximate surface area is 239 Å². The number of carbonyl (C=O) groups is 1. The highest BCUT2D eigenvalue weighted by atomic mass is 19.3. The number of nitrogens with zero attached hydrogens (tertiary/aromatic N) is 8. The summed E-state index contributed by atoms with van der Waals surface area (Å²) in [5.41, 5.74) is 3.46. The van der Waals surface area contributed by atoms with Crippen LogP contribution in [-0.2, 0) is 4.79 Å². The van der Waals surface area contributed by atoms with Crippen molar-refractivity contribution < 1.29 is 18.3 Å². The molecule has 0 saturated carbocycles. The number of nitrogens with one attached hydrogen (secondary N) is 1. The highest BCUT2D eigenvalue weighted by Gasteiger charge is 2.27. The maximum absolute atomic E-state index is 13.1. The summed E-state index contributed by atoms with van der Waals surface area (Å²) >= 11 is 0. The van der Waals surface area contributed by atoms with Gasteiger partial charge in [-0.2, -0.15) is 13.5 Å². The SMILES string of the molecule is C=CC(=O)N1CCN(c2ccc3ncnc(Nc4ccc(Oc5ccc6c(c5)nnn6C(F)F)c(C)c4)c3n2)C[C@H]1C. The first kappa shape index (κ1) is 27.0. The van der Waals surface area contributed by atoms with Gasteiger partial charge in [-0.1, -0.05) is 11.8 Å². The van der Waals surface area contributed by atoms with Crippen molar-refractivity contribution in [3.63, 3.8) is 0 Å². The van der Waals surface area contributed by atoms with Gasteiger partial charge in [-0.15, -0.1) is 5.10 Å². The lowest BCUT2D eigenvalue weighted by Gasteiger charge is -2.40. The second-order valence-electron chi connectivity index (χ2n) is 9.96. The number of halogens is 2. The minimum Gasteiger partial charge on any atom is -0.457 e. The van der Waals surface area contributed by atoms with E-state index in [0.29, 0.717) is 58.2 Å². The van der Waals surface area contributed by atoms with Gasteiger partial charge >= 0.3 is 6.55 Å². The smallest absolute Gasteiger partial charge is 0.335 e. The summed E-state index contributed by atoms with van der Waals surface area (Å²) in [6.07, 6.45) is 2.83. The van der Waals surface area contributed by atoms with Gasteiger partial charge in [0.1, 0.15) is 34.7 Å². The molecule has 1 amide bonds. The van der Waals surface area contributed by atoms with Crippen molar-refractivity contribution in [2.45, 2.75) is 26.4 Å². The summed E-state index contributed by atoms with van der Waals surface area (Å²) in [4.78, 5) is 29.8. The zero-order chi connectivity index (χ0) is 29.4. The number of fused-ring (bicyclic) bond motifs is 2. The van der Waals surface area contributed by atoms with Crippen LogP contribution in [0.3, 0.4) is 0 Å². The Bertz CT molecular complexity index is 1810. The number of carbonyl (C=O) groups excluding carboxylic acids is 1. The predicted molar refractivity (Wildman–Crippen MR) is 154 cm³/mol. The molecule has 0 unspecified atom stereocenters. The molecule has 214 valence electrons. The normalized spacial score (nSPS) is 15.4. The average molecular weight is 572 g/mol. The quantitative estimate of drug-likeness (QED) is 0.262. The van der Waals surface area contributed by atoms with Crippen molar-refractivity contribution in [3.8, 4) is 11.5 Å². The number of hydrogen-bond donors (Lipinski definition) is 1. The van der Waals surface area contributed by atoms with Crippen LogP contribution in [0, 0.1) is 6.92 Å². The largest absolute Gasteiger partial charge is 0.457 e. The summed E-state index contributed by atoms with van der Waals surface area (Å²) in [6.45, 7) is 6.62. The number of aromatic nitrogens is 6. The first-order valence-corrected chi connectivity index (χ1v) is 13.3. The van der Waals surface area contributed by atoms with Crippen LogP contribution in [0.15, 0.2) is 67.5 Å². The predicted octanol–water partition coefficient (Wildman–Crippen LogP) is 5.23. The van der Waals surface area contributed by atoms with Gasteiger partial charge in [0.2, 0.25) is 5.91 Å². The molecule has 1 aliphatic rings. The zero-order valence-electron chi connectivity index (χ0n) is 22.9. The van der Waals surface area contributed by atoms with E-state index in [1.165, 1.54) is 18.5 Å². The Balaban J connectivity index is 1.20. The van der Waals surface area contributed by atoms with Crippen molar-refractivity contribution >= 4 is 45.3 Å². The molecule has 13 heteroatoms. The van der Waals surface area contributed by atoms with E-state index in [1.807, 2.05) is 49.1 Å². The summed E-state index contributed by atoms with van der Waals surface area (Å²) in [5, 5.41) is 10.6. The Kier molecular flexibility index (Phi) is 7.07. The van der Waals surface area contributed by atoms with Crippen LogP contribution >= 0.6 is 0 Å². The Morgan fingerprint density at radius 2 is 1.98 bits per heavy atom. The number of hydrogen-bond acceptors (Lipinski definition) is 9. The van der Waals surface area contributed by atoms with Gasteiger partial charge in [0.05, 0.1) is 11.0 Å². The van der Waals surface area contributed by atoms with Gasteiger partial charge in [-0.05, 0) is 68.0 Å². The molecule has 6 rings (SSSR count). The first-order valence-electron chi connectivity index (χ1n) is 13.3. The van der Waals surface area contributed by atoms with E-state index in [1.54, 1.807) is 12.1 Å². The Morgan fingerprint density at radius 1 is 1.12 bits per heavy atom. The van der Waals surface area contributed by atoms with E-state index >= 15 is 0 Å². The molecular weight excluding hydrogens is 544 g/mol. The summed E-state index contributed by atoms with van der Waals surface area (Å²) in [7, 11) is 0. The maximum atomic E-state index is 13.1. The second kappa shape index (κ2) is 11.0. The molecule has 1 N–H and O–H groups in total. The molecule has 0 aliphatic carbocycles. The summed E-state index contributed by atoms with van der Waals surface area (Å²) in [5.74, 6) is 2.31. The number of amides is 1. The fourth-order valence-electron chi connectivity index (χ4n) is 5.04. The van der Waals surface area contributed by atoms with Crippen molar-refractivity contribution in [2.24, 2.45) is 0 Å². The number of aryl methyl sites for hydroxylation is 1. The molecule has 1 fully saturated rings. The number of anilines is 3. The molecule has 0 bridgehead atoms. The van der Waals surface area contributed by atoms with Crippen LogP contribution in [0.5, 0.6) is 11.5 Å². The average Bonchev–Trinajstić information content (AvgIpc) is 3.42. The molecule has 0 spiro atoms. The number of alkyl halides is 2. The summed E-state index contributed by atoms with van der Waals surface area (Å²) in [6, 6.07) is 14.1. The lowest BCUT2D eigenvalue weighted by molar-refractivity contribution is -0.128. The van der Waals surface area contributed by atoms with Crippen molar-refractivity contribution in [1.29, 1.82) is 0 Å². The van der Waals surface area contributed by atoms with Gasteiger partial charge in [-0.25, -0.2) is 15.0 Å². The molecule has 1 saturated heterocycles. The third-order valence-corrected chi connectivity index (χ3v) is 7.17. The topological polar surface area (TPSA) is 114 Å². The monoisotopic (exact) mass is 571 g/mol. The van der Waals surface area contributed by atoms with Gasteiger partial charge in [0.25, 0.3) is 0 Å². The molecule has 0 radical (unpaired) electrons. The fourth-order valence-corrected chi connectivity index (χ4v) is 5.04. The molecule has 3 aromatic heterocycles. The van der Waals surface area contributed by atoms with Crippen molar-refractivity contribution in [2.75, 3.05) is 29.9 Å². The van der Waals surface area contributed by atoms with Gasteiger partial charge in [0.15, 0.2) is 5.82 Å². The molecule has 2 aromatic carbocycles. The molecule has 5 aromatic rings. The first-order chi connectivity index (χ1) is 20.3. The second-order valence-corrected chi connectivity index (χ2v) is 9.96. The van der Waals surface area contributed by atoms with Crippen LogP contribution in [-0.4, -0.2) is 66.4 Å². The number of benzene rings is 2. The van der Waals surface area contributed by atoms with Crippen LogP contribution in [0.4, 0.5) is 26.1 Å². The molecule has 4 heterocycles. The lowest BCUT2D eigenvalue weighted by Crippen LogP contribution is -2.53. The molecule has 1 atom stereocenters. The van der Waals surface area contributed by atoms with Crippen LogP contribution in [0.25, 0.3) is 22.1 Å². The van der Waals surface area contributed by atoms with Crippen molar-refractivity contribution in [3.05, 3.63) is 73.1 Å². The van der Waals surface area contributed by atoms with Gasteiger partial charge in [-0.3, -0.25) is 4.79 Å². The van der Waals surface area contributed by atoms with Gasteiger partial charge in [0, 0.05) is 37.4 Å². The molecule has 11 nitrogen and oxygen atoms in total. The van der Waals surface area contributed by atoms with Gasteiger partial charge < -0.3 is 19.9 Å². The molecular formula is C29H27F2N9O2. The zero-order valence-corrected chi connectivity index (χ0v) is 22.9. The van der Waals surface area contributed by atoms with Crippen LogP contribution in [0.1, 0.15) is 19.0 Å². The Morgan fingerprint density at radius 3 is 2.74 bits per heavy atom. The van der Waals surface area contributed by atoms with E-state index < -0.39 is 6.55 Å². The Hall–Kier alpha value is -5.20. The van der Waals surface area contributed by atoms with Crippen molar-refractivity contribution in [1.82, 2.24) is 34.8 Å². The molecule has 1 aliphatic heterocycles. The minimum absolute atomic E-state index is 0.0172. The van der Waals surface area contributed by atoms with E-state index in [-0.39, 0.29) is 17.5 Å². The van der Waals surface area contributed by atoms with E-state index in [9.17, 15) is 13.6 Å². The highest BCUT2D eigenvalue weighted by molar-refractivity contribution is 5.89. The van der Waals surface area contributed by atoms with E-state index in [4.69, 9.17) is 9.72 Å². The standard InChI is InChI=1S/C29H27F2N9O2/c1-4-26(41)39-12-11-38(15-18(39)3)25-10-7-21-27(35-25)28(33-16-32-21)34-19-5-9-24(17(2)13-19)42-20-6-8-23-22(14-20)36-37-40(23)29(30)31/h4-10,13-14,16,18,29H,1,11-12,15H2,2-3H3,(H,32,33,34)/t18-/m1/s1. The number of pyridine rings is 1. The van der Waals surface area contributed by atoms with E-state index in [0.717, 1.165) is 17.1 Å². The third kappa shape index (κ3) is 5.16. The highest BCUT2D eigenvalue weighted by Crippen LogP contribution is 2.32. The maximum Gasteiger partial charge on any atom is 0.335 e. The lowest BCUT2D eigenvalue weighted by atomic mass is 10.2. The van der Waals surface area contributed by atoms with Crippen LogP contribution < -0.4 is 15.0 Å². The number of piperazine rings is 1. The molecule has 42 heavy (non-hydrogen) atoms. The van der Waals surface area contributed by atoms with Crippen LogP contribution in [0.2, 0.25) is 0 Å². The minimum atomic E-state index is -2.77. The van der Waals surface area contributed by atoms with E-state index in [2.05, 4.69) is 37.1 Å². The number of rotatable bonds is 7. The fraction of sp³-hybridized carbons (Fsp3) is 0.241. The number of ether oxygens (including phenoxy) is 1.